The monoisotopic (exact) mass is 250 g/mol. The lowest BCUT2D eigenvalue weighted by Crippen LogP contribution is -2.03. The van der Waals surface area contributed by atoms with E-state index in [0.29, 0.717) is 6.42 Å². The number of rotatable bonds is 3. The highest BCUT2D eigenvalue weighted by Crippen LogP contribution is 2.25. The predicted molar refractivity (Wildman–Crippen MR) is 68.7 cm³/mol. The Hall–Kier alpha value is -1.26. The number of hydrogen-bond acceptors (Lipinski definition) is 3. The Kier molecular flexibility index (Phi) is 3.54. The summed E-state index contributed by atoms with van der Waals surface area (Å²) >= 11 is 1.61. The van der Waals surface area contributed by atoms with E-state index in [9.17, 15) is 4.39 Å². The molecular weight excluding hydrogens is 235 g/mol. The number of halogens is 1. The van der Waals surface area contributed by atoms with Gasteiger partial charge in [0.1, 0.15) is 5.82 Å². The van der Waals surface area contributed by atoms with Gasteiger partial charge in [-0.1, -0.05) is 12.1 Å². The summed E-state index contributed by atoms with van der Waals surface area (Å²) in [4.78, 5) is 5.58. The Labute approximate surface area is 104 Å². The van der Waals surface area contributed by atoms with Crippen LogP contribution in [0.3, 0.4) is 0 Å². The van der Waals surface area contributed by atoms with Crippen molar-refractivity contribution in [3.8, 4) is 0 Å². The molecule has 0 aliphatic carbocycles. The fraction of sp³-hybridized carbons (Fsp3) is 0.308. The molecule has 0 bridgehead atoms. The molecule has 0 amide bonds. The Morgan fingerprint density at radius 1 is 1.47 bits per heavy atom. The van der Waals surface area contributed by atoms with E-state index >= 15 is 0 Å². The van der Waals surface area contributed by atoms with E-state index in [1.54, 1.807) is 23.5 Å². The molecule has 2 aromatic rings. The molecule has 0 saturated carbocycles. The van der Waals surface area contributed by atoms with Crippen LogP contribution in [0.1, 0.15) is 34.1 Å². The third kappa shape index (κ3) is 2.90. The van der Waals surface area contributed by atoms with Gasteiger partial charge in [0.25, 0.3) is 0 Å². The average molecular weight is 250 g/mol. The maximum absolute atomic E-state index is 13.0. The number of thiazole rings is 1. The molecule has 4 heteroatoms. The quantitative estimate of drug-likeness (QED) is 0.908. The largest absolute Gasteiger partial charge is 0.323 e. The normalized spacial score (nSPS) is 12.7. The molecule has 1 unspecified atom stereocenters. The Morgan fingerprint density at radius 3 is 2.82 bits per heavy atom. The molecule has 90 valence electrons. The summed E-state index contributed by atoms with van der Waals surface area (Å²) in [5.74, 6) is -0.205. The lowest BCUT2D eigenvalue weighted by atomic mass is 10.1. The molecule has 0 radical (unpaired) electrons. The Morgan fingerprint density at radius 2 is 2.24 bits per heavy atom. The fourth-order valence-electron chi connectivity index (χ4n) is 1.79. The van der Waals surface area contributed by atoms with E-state index in [4.69, 9.17) is 5.73 Å². The van der Waals surface area contributed by atoms with Crippen molar-refractivity contribution < 1.29 is 4.39 Å². The van der Waals surface area contributed by atoms with Gasteiger partial charge in [-0.3, -0.25) is 0 Å². The number of benzene rings is 1. The number of hydrogen-bond donors (Lipinski definition) is 1. The summed E-state index contributed by atoms with van der Waals surface area (Å²) in [5.41, 5.74) is 7.78. The molecule has 1 aromatic heterocycles. The average Bonchev–Trinajstić information content (AvgIpc) is 2.59. The predicted octanol–water partition coefficient (Wildman–Crippen LogP) is 3.20. The lowest BCUT2D eigenvalue weighted by molar-refractivity contribution is 0.626. The van der Waals surface area contributed by atoms with Gasteiger partial charge in [0, 0.05) is 17.3 Å². The van der Waals surface area contributed by atoms with Gasteiger partial charge in [-0.25, -0.2) is 9.37 Å². The summed E-state index contributed by atoms with van der Waals surface area (Å²) in [6.07, 6.45) is 0.663. The third-order valence-electron chi connectivity index (χ3n) is 2.53. The SMILES string of the molecule is Cc1nc(Cc2cccc(F)c2)sc1C(C)N. The van der Waals surface area contributed by atoms with Crippen molar-refractivity contribution >= 4 is 11.3 Å². The van der Waals surface area contributed by atoms with Crippen LogP contribution in [0.5, 0.6) is 0 Å². The summed E-state index contributed by atoms with van der Waals surface area (Å²) < 4.78 is 13.0. The highest BCUT2D eigenvalue weighted by atomic mass is 32.1. The topological polar surface area (TPSA) is 38.9 Å². The van der Waals surface area contributed by atoms with Crippen LogP contribution in [-0.4, -0.2) is 4.98 Å². The van der Waals surface area contributed by atoms with Gasteiger partial charge in [-0.2, -0.15) is 0 Å². The summed E-state index contributed by atoms with van der Waals surface area (Å²) in [6, 6.07) is 6.63. The minimum absolute atomic E-state index is 0.00811. The number of nitrogens with two attached hydrogens (primary N) is 1. The molecule has 2 rings (SSSR count). The van der Waals surface area contributed by atoms with Gasteiger partial charge in [-0.05, 0) is 31.5 Å². The minimum atomic E-state index is -0.205. The van der Waals surface area contributed by atoms with E-state index < -0.39 is 0 Å². The van der Waals surface area contributed by atoms with Crippen molar-refractivity contribution in [3.05, 3.63) is 51.2 Å². The van der Waals surface area contributed by atoms with Crippen LogP contribution < -0.4 is 5.73 Å². The smallest absolute Gasteiger partial charge is 0.123 e. The van der Waals surface area contributed by atoms with Crippen LogP contribution in [0.15, 0.2) is 24.3 Å². The molecule has 2 N–H and O–H groups in total. The van der Waals surface area contributed by atoms with E-state index in [2.05, 4.69) is 4.98 Å². The highest BCUT2D eigenvalue weighted by Gasteiger charge is 2.11. The molecule has 2 nitrogen and oxygen atoms in total. The van der Waals surface area contributed by atoms with E-state index in [1.165, 1.54) is 6.07 Å². The minimum Gasteiger partial charge on any atom is -0.323 e. The number of nitrogens with zero attached hydrogens (tertiary/aromatic N) is 1. The van der Waals surface area contributed by atoms with Crippen LogP contribution in [-0.2, 0) is 6.42 Å². The highest BCUT2D eigenvalue weighted by molar-refractivity contribution is 7.11. The van der Waals surface area contributed by atoms with Gasteiger partial charge in [0.05, 0.1) is 10.7 Å². The van der Waals surface area contributed by atoms with E-state index in [0.717, 1.165) is 21.1 Å². The lowest BCUT2D eigenvalue weighted by Gasteiger charge is -2.00. The first-order chi connectivity index (χ1) is 8.06. The summed E-state index contributed by atoms with van der Waals surface area (Å²) in [7, 11) is 0. The number of aromatic nitrogens is 1. The molecule has 1 aromatic carbocycles. The van der Waals surface area contributed by atoms with Crippen LogP contribution in [0.2, 0.25) is 0 Å². The molecule has 17 heavy (non-hydrogen) atoms. The standard InChI is InChI=1S/C13H15FN2S/c1-8(15)13-9(2)16-12(17-13)7-10-4-3-5-11(14)6-10/h3-6,8H,7,15H2,1-2H3. The second-order valence-corrected chi connectivity index (χ2v) is 5.27. The Balaban J connectivity index is 2.22. The summed E-state index contributed by atoms with van der Waals surface area (Å²) in [5, 5.41) is 0.986. The molecule has 0 saturated heterocycles. The van der Waals surface area contributed by atoms with Crippen LogP contribution in [0, 0.1) is 12.7 Å². The molecule has 0 spiro atoms. The van der Waals surface area contributed by atoms with Gasteiger partial charge in [0.15, 0.2) is 0 Å². The molecule has 1 atom stereocenters. The van der Waals surface area contributed by atoms with Crippen molar-refractivity contribution in [1.82, 2.24) is 4.98 Å². The molecule has 0 fully saturated rings. The second-order valence-electron chi connectivity index (χ2n) is 4.15. The van der Waals surface area contributed by atoms with Crippen molar-refractivity contribution in [1.29, 1.82) is 0 Å². The van der Waals surface area contributed by atoms with E-state index in [-0.39, 0.29) is 11.9 Å². The third-order valence-corrected chi connectivity index (χ3v) is 3.89. The first kappa shape index (κ1) is 12.2. The number of aryl methyl sites for hydroxylation is 1. The molecule has 0 aliphatic heterocycles. The zero-order valence-electron chi connectivity index (χ0n) is 9.90. The van der Waals surface area contributed by atoms with Crippen molar-refractivity contribution in [2.24, 2.45) is 5.73 Å². The molecule has 0 aliphatic rings. The van der Waals surface area contributed by atoms with Crippen LogP contribution in [0.25, 0.3) is 0 Å². The van der Waals surface area contributed by atoms with Crippen LogP contribution in [0.4, 0.5) is 4.39 Å². The molecular formula is C13H15FN2S. The van der Waals surface area contributed by atoms with Gasteiger partial charge >= 0.3 is 0 Å². The first-order valence-corrected chi connectivity index (χ1v) is 6.34. The molecule has 1 heterocycles. The van der Waals surface area contributed by atoms with Crippen molar-refractivity contribution in [2.45, 2.75) is 26.3 Å². The summed E-state index contributed by atoms with van der Waals surface area (Å²) in [6.45, 7) is 3.91. The second kappa shape index (κ2) is 4.94. The zero-order chi connectivity index (χ0) is 12.4. The maximum atomic E-state index is 13.0. The first-order valence-electron chi connectivity index (χ1n) is 5.52. The van der Waals surface area contributed by atoms with Gasteiger partial charge in [0.2, 0.25) is 0 Å². The Bertz CT molecular complexity index is 520. The van der Waals surface area contributed by atoms with Crippen molar-refractivity contribution in [3.63, 3.8) is 0 Å². The van der Waals surface area contributed by atoms with Crippen LogP contribution >= 0.6 is 11.3 Å². The maximum Gasteiger partial charge on any atom is 0.123 e. The van der Waals surface area contributed by atoms with E-state index in [1.807, 2.05) is 19.9 Å². The fourth-order valence-corrected chi connectivity index (χ4v) is 2.84. The van der Waals surface area contributed by atoms with Gasteiger partial charge in [-0.15, -0.1) is 11.3 Å². The van der Waals surface area contributed by atoms with Gasteiger partial charge < -0.3 is 5.73 Å². The zero-order valence-corrected chi connectivity index (χ0v) is 10.7. The van der Waals surface area contributed by atoms with Crippen molar-refractivity contribution in [2.75, 3.05) is 0 Å².